The summed E-state index contributed by atoms with van der Waals surface area (Å²) >= 11 is 0. The second-order valence-corrected chi connectivity index (χ2v) is 14.3. The molecule has 7 nitrogen and oxygen atoms in total. The van der Waals surface area contributed by atoms with Crippen molar-refractivity contribution in [2.75, 3.05) is 60.5 Å². The Morgan fingerprint density at radius 2 is 1.85 bits per heavy atom. The minimum Gasteiger partial charge on any atom is -0.493 e. The second kappa shape index (κ2) is 14.2. The van der Waals surface area contributed by atoms with Gasteiger partial charge in [0.15, 0.2) is 0 Å². The molecular weight excluding hydrogens is 514 g/mol. The first-order valence-corrected chi connectivity index (χ1v) is 15.7. The van der Waals surface area contributed by atoms with Gasteiger partial charge < -0.3 is 19.2 Å². The number of carboxylic acids is 1. The number of nitrogens with zero attached hydrogens (tertiary/aromatic N) is 3. The first-order valence-electron chi connectivity index (χ1n) is 15.7. The van der Waals surface area contributed by atoms with E-state index in [0.29, 0.717) is 19.6 Å². The van der Waals surface area contributed by atoms with Crippen LogP contribution >= 0.6 is 0 Å². The average Bonchev–Trinajstić information content (AvgIpc) is 3.46. The van der Waals surface area contributed by atoms with E-state index in [1.165, 1.54) is 5.57 Å². The lowest BCUT2D eigenvalue weighted by Gasteiger charge is -2.34. The molecule has 7 heteroatoms. The fraction of sp³-hybridized carbons (Fsp3) is 0.706. The van der Waals surface area contributed by atoms with Crippen LogP contribution in [-0.4, -0.2) is 97.8 Å². The van der Waals surface area contributed by atoms with E-state index in [1.54, 1.807) is 0 Å². The number of rotatable bonds is 15. The minimum absolute atomic E-state index is 0.126. The maximum absolute atomic E-state index is 13.9. The summed E-state index contributed by atoms with van der Waals surface area (Å²) in [6.07, 6.45) is 7.87. The third-order valence-corrected chi connectivity index (χ3v) is 8.57. The second-order valence-electron chi connectivity index (χ2n) is 14.3. The predicted molar refractivity (Wildman–Crippen MR) is 166 cm³/mol. The zero-order valence-electron chi connectivity index (χ0n) is 27.0. The predicted octanol–water partition coefficient (Wildman–Crippen LogP) is 5.59. The van der Waals surface area contributed by atoms with Gasteiger partial charge in [-0.2, -0.15) is 0 Å². The van der Waals surface area contributed by atoms with Crippen LogP contribution in [0.2, 0.25) is 0 Å². The molecule has 1 aromatic carbocycles. The van der Waals surface area contributed by atoms with Crippen molar-refractivity contribution in [3.63, 3.8) is 0 Å². The normalized spacial score (nSPS) is 20.9. The number of quaternary nitrogens is 1. The molecule has 2 aliphatic rings. The number of hydrogen-bond acceptors (Lipinski definition) is 4. The molecule has 1 N–H and O–H groups in total. The molecule has 1 saturated heterocycles. The highest BCUT2D eigenvalue weighted by Crippen LogP contribution is 2.44. The molecule has 2 heterocycles. The summed E-state index contributed by atoms with van der Waals surface area (Å²) in [5.41, 5.74) is 3.23. The summed E-state index contributed by atoms with van der Waals surface area (Å²) in [5, 5.41) is 10.6. The molecule has 3 unspecified atom stereocenters. The first kappa shape index (κ1) is 33.1. The van der Waals surface area contributed by atoms with E-state index in [0.717, 1.165) is 73.1 Å². The van der Waals surface area contributed by atoms with Crippen molar-refractivity contribution in [3.8, 4) is 5.75 Å². The maximum atomic E-state index is 13.9. The van der Waals surface area contributed by atoms with Gasteiger partial charge in [0.05, 0.1) is 46.8 Å². The Hall–Kier alpha value is -2.38. The number of unbranched alkanes of at least 4 members (excludes halogenated alkanes) is 2. The number of carboxylic acid groups (broad SMARTS) is 1. The molecule has 0 spiro atoms. The highest BCUT2D eigenvalue weighted by molar-refractivity contribution is 5.79. The summed E-state index contributed by atoms with van der Waals surface area (Å²) in [5.74, 6) is -0.499. The Morgan fingerprint density at radius 1 is 1.15 bits per heavy atom. The van der Waals surface area contributed by atoms with Gasteiger partial charge in [-0.1, -0.05) is 51.0 Å². The molecule has 1 aromatic rings. The Kier molecular flexibility index (Phi) is 11.5. The number of aliphatic carboxylic acids is 1. The minimum atomic E-state index is -0.775. The Bertz CT molecular complexity index is 1070. The highest BCUT2D eigenvalue weighted by atomic mass is 16.5. The Balaban J connectivity index is 1.87. The van der Waals surface area contributed by atoms with Crippen molar-refractivity contribution in [1.29, 1.82) is 0 Å². The van der Waals surface area contributed by atoms with Gasteiger partial charge in [-0.3, -0.25) is 14.5 Å². The molecule has 1 fully saturated rings. The van der Waals surface area contributed by atoms with E-state index < -0.39 is 11.9 Å². The molecule has 0 bridgehead atoms. The number of amides is 1. The Morgan fingerprint density at radius 3 is 2.49 bits per heavy atom. The van der Waals surface area contributed by atoms with Crippen LogP contribution in [0.4, 0.5) is 0 Å². The number of fused-ring (bicyclic) bond motifs is 1. The van der Waals surface area contributed by atoms with Crippen LogP contribution in [0, 0.1) is 11.3 Å². The number of ether oxygens (including phenoxy) is 1. The molecule has 3 atom stereocenters. The van der Waals surface area contributed by atoms with Gasteiger partial charge in [-0.15, -0.1) is 0 Å². The van der Waals surface area contributed by atoms with E-state index in [9.17, 15) is 14.7 Å². The summed E-state index contributed by atoms with van der Waals surface area (Å²) in [7, 11) is 6.61. The van der Waals surface area contributed by atoms with Gasteiger partial charge >= 0.3 is 5.97 Å². The van der Waals surface area contributed by atoms with Crippen molar-refractivity contribution >= 4 is 11.9 Å². The van der Waals surface area contributed by atoms with Crippen molar-refractivity contribution in [2.24, 2.45) is 11.3 Å². The van der Waals surface area contributed by atoms with E-state index in [1.807, 2.05) is 17.0 Å². The summed E-state index contributed by atoms with van der Waals surface area (Å²) in [6.45, 7) is 14.8. The fourth-order valence-electron chi connectivity index (χ4n) is 6.77. The SMILES string of the molecule is CCCCN(CCCC[N+](C)(C)C)C(=O)CN1CC(c2ccc3c(c2)CCO3)C(C(=O)O)C1CC(C)(C)C=C(C)C. The number of allylic oxidation sites excluding steroid dienone is 2. The molecule has 0 saturated carbocycles. The molecule has 0 aromatic heterocycles. The van der Waals surface area contributed by atoms with E-state index in [4.69, 9.17) is 4.74 Å². The van der Waals surface area contributed by atoms with E-state index in [2.05, 4.69) is 72.8 Å². The third-order valence-electron chi connectivity index (χ3n) is 8.57. The lowest BCUT2D eigenvalue weighted by molar-refractivity contribution is -0.870. The molecule has 3 rings (SSSR count). The van der Waals surface area contributed by atoms with Crippen LogP contribution in [-0.2, 0) is 16.0 Å². The zero-order chi connectivity index (χ0) is 30.4. The number of benzene rings is 1. The molecule has 1 amide bonds. The van der Waals surface area contributed by atoms with Crippen molar-refractivity contribution in [3.05, 3.63) is 41.0 Å². The van der Waals surface area contributed by atoms with E-state index in [-0.39, 0.29) is 29.8 Å². The van der Waals surface area contributed by atoms with E-state index >= 15 is 0 Å². The monoisotopic (exact) mass is 570 g/mol. The highest BCUT2D eigenvalue weighted by Gasteiger charge is 2.48. The molecule has 2 aliphatic heterocycles. The lowest BCUT2D eigenvalue weighted by atomic mass is 9.77. The van der Waals surface area contributed by atoms with Crippen LogP contribution in [0.25, 0.3) is 0 Å². The smallest absolute Gasteiger partial charge is 0.308 e. The van der Waals surface area contributed by atoms with Crippen molar-refractivity contribution in [2.45, 2.75) is 85.1 Å². The number of likely N-dealkylation sites (tertiary alicyclic amines) is 1. The van der Waals surface area contributed by atoms with Crippen LogP contribution < -0.4 is 4.74 Å². The van der Waals surface area contributed by atoms with Crippen LogP contribution in [0.5, 0.6) is 5.75 Å². The number of carbonyl (C=O) groups is 2. The van der Waals surface area contributed by atoms with Crippen LogP contribution in [0.3, 0.4) is 0 Å². The van der Waals surface area contributed by atoms with Crippen molar-refractivity contribution < 1.29 is 23.9 Å². The summed E-state index contributed by atoms with van der Waals surface area (Å²) < 4.78 is 6.64. The Labute approximate surface area is 249 Å². The zero-order valence-corrected chi connectivity index (χ0v) is 27.0. The largest absolute Gasteiger partial charge is 0.493 e. The molecular formula is C34H56N3O4+. The molecule has 41 heavy (non-hydrogen) atoms. The van der Waals surface area contributed by atoms with Crippen LogP contribution in [0.15, 0.2) is 29.8 Å². The van der Waals surface area contributed by atoms with Gasteiger partial charge in [0.25, 0.3) is 0 Å². The van der Waals surface area contributed by atoms with Gasteiger partial charge in [-0.25, -0.2) is 0 Å². The quantitative estimate of drug-likeness (QED) is 0.169. The maximum Gasteiger partial charge on any atom is 0.308 e. The molecule has 0 aliphatic carbocycles. The van der Waals surface area contributed by atoms with Crippen molar-refractivity contribution in [1.82, 2.24) is 9.80 Å². The van der Waals surface area contributed by atoms with Gasteiger partial charge in [-0.05, 0) is 62.1 Å². The standard InChI is InChI=1S/C34H55N3O4/c1-9-10-16-35(17-11-12-18-37(6,7)8)31(38)24-36-23-28(26-13-14-30-27(20-26)15-19-41-30)32(33(39)40)29(36)22-34(4,5)21-25(2)3/h13-14,20-21,28-29,32H,9-12,15-19,22-24H2,1-8H3/p+1. The fourth-order valence-corrected chi connectivity index (χ4v) is 6.77. The number of hydrogen-bond donors (Lipinski definition) is 1. The molecule has 0 radical (unpaired) electrons. The van der Waals surface area contributed by atoms with Gasteiger partial charge in [0.1, 0.15) is 5.75 Å². The van der Waals surface area contributed by atoms with Crippen LogP contribution in [0.1, 0.15) is 83.8 Å². The first-order chi connectivity index (χ1) is 19.2. The topological polar surface area (TPSA) is 70.1 Å². The number of carbonyl (C=O) groups excluding carboxylic acids is 1. The summed E-state index contributed by atoms with van der Waals surface area (Å²) in [6, 6.07) is 5.95. The van der Waals surface area contributed by atoms with Gasteiger partial charge in [0.2, 0.25) is 5.91 Å². The third kappa shape index (κ3) is 9.57. The lowest BCUT2D eigenvalue weighted by Crippen LogP contribution is -2.46. The summed E-state index contributed by atoms with van der Waals surface area (Å²) in [4.78, 5) is 31.0. The average molecular weight is 571 g/mol. The van der Waals surface area contributed by atoms with Gasteiger partial charge in [0, 0.05) is 38.0 Å². The molecule has 230 valence electrons.